The Morgan fingerprint density at radius 1 is 0.606 bits per heavy atom. The third kappa shape index (κ3) is 4.77. The summed E-state index contributed by atoms with van der Waals surface area (Å²) >= 11 is -6.58. The van der Waals surface area contributed by atoms with Crippen molar-refractivity contribution < 1.29 is 78.1 Å². The molecule has 1 aromatic rings. The van der Waals surface area contributed by atoms with Crippen molar-refractivity contribution in [1.82, 2.24) is 0 Å². The molecule has 0 atom stereocenters. The van der Waals surface area contributed by atoms with Gasteiger partial charge in [0.25, 0.3) is 0 Å². The first kappa shape index (κ1) is 29.3. The van der Waals surface area contributed by atoms with E-state index in [0.29, 0.717) is 12.1 Å². The molecular formula is C14H5F16IO2. The molecule has 0 heterocycles. The SMILES string of the molecule is O=C(OI(c1ccccc1)C(F)(F)C(F)(F)C(F)(F)C(F)(F)C(F)(F)C(F)(F)F)C(F)(F)F. The zero-order chi connectivity index (χ0) is 26.5. The molecule has 19 heteroatoms. The third-order valence-electron chi connectivity index (χ3n) is 3.42. The molecule has 0 radical (unpaired) electrons. The van der Waals surface area contributed by atoms with Crippen LogP contribution < -0.4 is 0 Å². The van der Waals surface area contributed by atoms with E-state index < -0.39 is 69.7 Å². The van der Waals surface area contributed by atoms with E-state index in [2.05, 4.69) is 3.07 Å². The van der Waals surface area contributed by atoms with Gasteiger partial charge in [0.1, 0.15) is 0 Å². The Morgan fingerprint density at radius 3 is 1.36 bits per heavy atom. The Hall–Kier alpha value is -1.70. The van der Waals surface area contributed by atoms with Crippen LogP contribution in [0.5, 0.6) is 0 Å². The van der Waals surface area contributed by atoms with Crippen molar-refractivity contribution in [3.63, 3.8) is 0 Å². The van der Waals surface area contributed by atoms with Crippen LogP contribution in [0.15, 0.2) is 30.3 Å². The van der Waals surface area contributed by atoms with E-state index in [1.54, 1.807) is 0 Å². The van der Waals surface area contributed by atoms with Gasteiger partial charge in [0.05, 0.1) is 0 Å². The second kappa shape index (κ2) is 8.51. The maximum atomic E-state index is 14.3. The summed E-state index contributed by atoms with van der Waals surface area (Å²) in [6, 6.07) is 2.56. The van der Waals surface area contributed by atoms with Gasteiger partial charge in [-0.05, 0) is 0 Å². The van der Waals surface area contributed by atoms with Gasteiger partial charge < -0.3 is 0 Å². The third-order valence-corrected chi connectivity index (χ3v) is 8.02. The van der Waals surface area contributed by atoms with Crippen LogP contribution >= 0.6 is 20.2 Å². The molecule has 0 saturated carbocycles. The minimum atomic E-state index is -8.24. The summed E-state index contributed by atoms with van der Waals surface area (Å²) in [6.07, 6.45) is -13.8. The molecule has 0 aromatic heterocycles. The summed E-state index contributed by atoms with van der Waals surface area (Å²) in [5, 5.41) is 0. The van der Waals surface area contributed by atoms with Crippen molar-refractivity contribution in [3.05, 3.63) is 33.9 Å². The van der Waals surface area contributed by atoms with E-state index in [4.69, 9.17) is 0 Å². The predicted octanol–water partition coefficient (Wildman–Crippen LogP) is 7.08. The summed E-state index contributed by atoms with van der Waals surface area (Å²) in [7, 11) is 0. The average Bonchev–Trinajstić information content (AvgIpc) is 2.64. The Kier molecular flexibility index (Phi) is 7.56. The van der Waals surface area contributed by atoms with Gasteiger partial charge in [0, 0.05) is 0 Å². The van der Waals surface area contributed by atoms with E-state index in [1.165, 1.54) is 0 Å². The average molecular weight is 636 g/mol. The molecule has 33 heavy (non-hydrogen) atoms. The Balaban J connectivity index is 3.72. The molecule has 0 aliphatic heterocycles. The second-order valence-corrected chi connectivity index (χ2v) is 10.2. The van der Waals surface area contributed by atoms with Crippen molar-refractivity contribution in [3.8, 4) is 0 Å². The number of benzene rings is 1. The van der Waals surface area contributed by atoms with Gasteiger partial charge in [-0.3, -0.25) is 0 Å². The molecule has 2 nitrogen and oxygen atoms in total. The molecule has 1 rings (SSSR count). The molecule has 0 fully saturated rings. The van der Waals surface area contributed by atoms with Gasteiger partial charge in [-0.15, -0.1) is 0 Å². The number of rotatable bonds is 7. The number of carbonyl (C=O) groups is 1. The summed E-state index contributed by atoms with van der Waals surface area (Å²) in [6.45, 7) is 0. The van der Waals surface area contributed by atoms with Crippen LogP contribution in [0.1, 0.15) is 0 Å². The zero-order valence-corrected chi connectivity index (χ0v) is 16.8. The van der Waals surface area contributed by atoms with Crippen LogP contribution in [0.3, 0.4) is 0 Å². The van der Waals surface area contributed by atoms with Crippen LogP contribution in [0.25, 0.3) is 0 Å². The number of hydrogen-bond acceptors (Lipinski definition) is 2. The van der Waals surface area contributed by atoms with Crippen molar-refractivity contribution in [2.75, 3.05) is 0 Å². The first-order valence-corrected chi connectivity index (χ1v) is 10.4. The monoisotopic (exact) mass is 636 g/mol. The van der Waals surface area contributed by atoms with Gasteiger partial charge >= 0.3 is 178 Å². The van der Waals surface area contributed by atoms with Crippen molar-refractivity contribution in [1.29, 1.82) is 0 Å². The van der Waals surface area contributed by atoms with E-state index in [0.717, 1.165) is 6.07 Å². The predicted molar refractivity (Wildman–Crippen MR) is 82.1 cm³/mol. The number of halogens is 17. The topological polar surface area (TPSA) is 26.3 Å². The van der Waals surface area contributed by atoms with Gasteiger partial charge in [0.2, 0.25) is 0 Å². The molecule has 192 valence electrons. The van der Waals surface area contributed by atoms with Crippen LogP contribution in [0.4, 0.5) is 70.2 Å². The van der Waals surface area contributed by atoms with E-state index in [9.17, 15) is 75.0 Å². The molecule has 0 aliphatic rings. The van der Waals surface area contributed by atoms with Crippen molar-refractivity contribution >= 4 is 26.2 Å². The molecule has 1 aromatic carbocycles. The molecule has 0 amide bonds. The van der Waals surface area contributed by atoms with Crippen LogP contribution in [-0.2, 0) is 7.86 Å². The van der Waals surface area contributed by atoms with Gasteiger partial charge in [-0.1, -0.05) is 0 Å². The fourth-order valence-electron chi connectivity index (χ4n) is 1.73. The Morgan fingerprint density at radius 2 is 1.00 bits per heavy atom. The van der Waals surface area contributed by atoms with E-state index in [1.807, 2.05) is 0 Å². The van der Waals surface area contributed by atoms with Gasteiger partial charge in [0.15, 0.2) is 0 Å². The molecule has 0 unspecified atom stereocenters. The second-order valence-electron chi connectivity index (χ2n) is 5.70. The van der Waals surface area contributed by atoms with Crippen molar-refractivity contribution in [2.45, 2.75) is 40.0 Å². The molecule has 0 N–H and O–H groups in total. The summed E-state index contributed by atoms with van der Waals surface area (Å²) in [4.78, 5) is 10.9. The Bertz CT molecular complexity index is 845. The van der Waals surface area contributed by atoms with E-state index in [-0.39, 0.29) is 12.1 Å². The first-order valence-electron chi connectivity index (χ1n) is 7.37. The number of alkyl halides is 17. The standard InChI is InChI=1S/C14H5F16IO2/c15-8(16,17)7(32)33-31(6-4-2-1-3-5-6)14(29,30)12(24,25)10(20,21)9(18,19)11(22,23)13(26,27)28/h1-5H. The molecular weight excluding hydrogens is 631 g/mol. The van der Waals surface area contributed by atoms with Crippen molar-refractivity contribution in [2.24, 2.45) is 0 Å². The fourth-order valence-corrected chi connectivity index (χ4v) is 5.72. The summed E-state index contributed by atoms with van der Waals surface area (Å²) in [5.41, 5.74) is 0. The quantitative estimate of drug-likeness (QED) is 0.182. The normalized spacial score (nSPS) is 15.3. The minimum absolute atomic E-state index is 0.221. The first-order chi connectivity index (χ1) is 14.4. The van der Waals surface area contributed by atoms with Crippen LogP contribution in [0, 0.1) is 3.57 Å². The number of carbonyl (C=O) groups excluding carboxylic acids is 1. The molecule has 0 aliphatic carbocycles. The Labute approximate surface area is 178 Å². The van der Waals surface area contributed by atoms with Crippen LogP contribution in [0.2, 0.25) is 0 Å². The summed E-state index contributed by atoms with van der Waals surface area (Å²) in [5.74, 6) is -36.0. The maximum absolute atomic E-state index is 14.3. The van der Waals surface area contributed by atoms with E-state index >= 15 is 0 Å². The van der Waals surface area contributed by atoms with Gasteiger partial charge in [-0.2, -0.15) is 0 Å². The summed E-state index contributed by atoms with van der Waals surface area (Å²) < 4.78 is 204. The molecule has 0 saturated heterocycles. The van der Waals surface area contributed by atoms with Gasteiger partial charge in [-0.25, -0.2) is 0 Å². The van der Waals surface area contributed by atoms with Crippen LogP contribution in [-0.4, -0.2) is 45.9 Å². The molecule has 0 bridgehead atoms. The zero-order valence-electron chi connectivity index (χ0n) is 14.6. The molecule has 0 spiro atoms. The fraction of sp³-hybridized carbons (Fsp3) is 0.500. The number of hydrogen-bond donors (Lipinski definition) is 0.